The summed E-state index contributed by atoms with van der Waals surface area (Å²) in [5.74, 6) is 1.98. The molecular formula is C36H47N5O4. The second-order valence-corrected chi connectivity index (χ2v) is 14.3. The van der Waals surface area contributed by atoms with E-state index in [1.54, 1.807) is 24.3 Å². The summed E-state index contributed by atoms with van der Waals surface area (Å²) in [5, 5.41) is 14.0. The van der Waals surface area contributed by atoms with E-state index in [2.05, 4.69) is 49.1 Å². The normalized spacial score (nSPS) is 26.2. The first kappa shape index (κ1) is 31.2. The number of benzene rings is 1. The second-order valence-electron chi connectivity index (χ2n) is 14.3. The van der Waals surface area contributed by atoms with Gasteiger partial charge in [-0.3, -0.25) is 14.5 Å². The molecule has 240 valence electrons. The first-order valence-corrected chi connectivity index (χ1v) is 16.7. The number of aryl methyl sites for hydroxylation is 1. The lowest BCUT2D eigenvalue weighted by atomic mass is 9.51. The van der Waals surface area contributed by atoms with Gasteiger partial charge in [0.05, 0.1) is 12.8 Å². The van der Waals surface area contributed by atoms with Crippen LogP contribution in [0.4, 0.5) is 5.82 Å². The molecule has 45 heavy (non-hydrogen) atoms. The molecule has 4 aliphatic rings. The zero-order valence-electron chi connectivity index (χ0n) is 27.2. The van der Waals surface area contributed by atoms with E-state index < -0.39 is 5.97 Å². The van der Waals surface area contributed by atoms with E-state index in [0.717, 1.165) is 81.5 Å². The Labute approximate surface area is 266 Å². The minimum absolute atomic E-state index is 0.0508. The van der Waals surface area contributed by atoms with E-state index in [1.165, 1.54) is 11.1 Å². The molecule has 3 aromatic rings. The summed E-state index contributed by atoms with van der Waals surface area (Å²) < 4.78 is 7.30. The molecule has 0 atom stereocenters. The maximum atomic E-state index is 14.4. The van der Waals surface area contributed by atoms with Gasteiger partial charge in [0.2, 0.25) is 5.91 Å². The third kappa shape index (κ3) is 6.36. The highest BCUT2D eigenvalue weighted by Gasteiger charge is 2.51. The van der Waals surface area contributed by atoms with Crippen LogP contribution in [0.1, 0.15) is 107 Å². The average Bonchev–Trinajstić information content (AvgIpc) is 3.56. The number of amides is 1. The Morgan fingerprint density at radius 2 is 1.73 bits per heavy atom. The number of rotatable bonds is 10. The van der Waals surface area contributed by atoms with Gasteiger partial charge in [-0.2, -0.15) is 5.10 Å². The van der Waals surface area contributed by atoms with E-state index in [4.69, 9.17) is 9.72 Å². The van der Waals surface area contributed by atoms with E-state index >= 15 is 0 Å². The molecule has 0 spiro atoms. The molecule has 0 unspecified atom stereocenters. The monoisotopic (exact) mass is 613 g/mol. The number of carbonyl (C=O) groups is 2. The van der Waals surface area contributed by atoms with Crippen LogP contribution in [-0.2, 0) is 15.0 Å². The molecule has 7 rings (SSSR count). The first-order valence-electron chi connectivity index (χ1n) is 16.7. The van der Waals surface area contributed by atoms with Crippen LogP contribution in [0, 0.1) is 24.2 Å². The maximum Gasteiger partial charge on any atom is 0.303 e. The Hall–Kier alpha value is -3.75. The zero-order valence-corrected chi connectivity index (χ0v) is 27.2. The Morgan fingerprint density at radius 3 is 2.33 bits per heavy atom. The number of anilines is 1. The average molecular weight is 614 g/mol. The van der Waals surface area contributed by atoms with Crippen molar-refractivity contribution < 1.29 is 19.4 Å². The van der Waals surface area contributed by atoms with Gasteiger partial charge in [-0.25, -0.2) is 14.6 Å². The van der Waals surface area contributed by atoms with Crippen molar-refractivity contribution in [1.82, 2.24) is 19.7 Å². The van der Waals surface area contributed by atoms with Crippen molar-refractivity contribution in [2.45, 2.75) is 103 Å². The maximum absolute atomic E-state index is 14.4. The van der Waals surface area contributed by atoms with Crippen LogP contribution in [0.25, 0.3) is 5.69 Å². The van der Waals surface area contributed by atoms with Crippen LogP contribution in [-0.4, -0.2) is 50.4 Å². The number of methoxy groups -OCH3 is 1. The molecule has 0 saturated heterocycles. The van der Waals surface area contributed by atoms with Gasteiger partial charge in [0.1, 0.15) is 17.9 Å². The summed E-state index contributed by atoms with van der Waals surface area (Å²) in [6, 6.07) is 10.6. The number of nitrogens with zero attached hydrogens (tertiary/aromatic N) is 5. The van der Waals surface area contributed by atoms with Crippen LogP contribution >= 0.6 is 0 Å². The fraction of sp³-hybridized carbons (Fsp3) is 0.583. The van der Waals surface area contributed by atoms with Crippen LogP contribution in [0.3, 0.4) is 0 Å². The third-order valence-corrected chi connectivity index (χ3v) is 11.1. The van der Waals surface area contributed by atoms with E-state index in [9.17, 15) is 14.7 Å². The van der Waals surface area contributed by atoms with Crippen molar-refractivity contribution in [3.63, 3.8) is 0 Å². The summed E-state index contributed by atoms with van der Waals surface area (Å²) >= 11 is 0. The molecule has 0 radical (unpaired) electrons. The molecule has 9 nitrogen and oxygen atoms in total. The van der Waals surface area contributed by atoms with E-state index in [-0.39, 0.29) is 40.9 Å². The number of aromatic nitrogens is 4. The molecule has 2 bridgehead atoms. The van der Waals surface area contributed by atoms with Gasteiger partial charge in [-0.1, -0.05) is 26.0 Å². The minimum Gasteiger partial charge on any atom is -0.496 e. The summed E-state index contributed by atoms with van der Waals surface area (Å²) in [5.41, 5.74) is 3.68. The topological polar surface area (TPSA) is 110 Å². The highest BCUT2D eigenvalue weighted by Crippen LogP contribution is 2.58. The summed E-state index contributed by atoms with van der Waals surface area (Å²) in [7, 11) is 1.73. The zero-order chi connectivity index (χ0) is 31.8. The van der Waals surface area contributed by atoms with Crippen LogP contribution in [0.15, 0.2) is 42.9 Å². The van der Waals surface area contributed by atoms with Crippen LogP contribution in [0.5, 0.6) is 5.75 Å². The Balaban J connectivity index is 1.25. The number of carboxylic acids is 1. The lowest BCUT2D eigenvalue weighted by Gasteiger charge is -2.55. The Morgan fingerprint density at radius 1 is 1.02 bits per heavy atom. The van der Waals surface area contributed by atoms with Crippen molar-refractivity contribution in [2.24, 2.45) is 17.3 Å². The quantitative estimate of drug-likeness (QED) is 0.262. The molecule has 1 amide bonds. The minimum atomic E-state index is -0.754. The molecule has 4 saturated carbocycles. The molecule has 2 heterocycles. The smallest absolute Gasteiger partial charge is 0.303 e. The van der Waals surface area contributed by atoms with E-state index in [0.29, 0.717) is 12.4 Å². The second kappa shape index (κ2) is 12.6. The summed E-state index contributed by atoms with van der Waals surface area (Å²) in [6.07, 6.45) is 13.3. The standard InChI is InChI=1S/C36H47N5O4/c1-24(2)33-38-23-41(39-33)29-11-18-37-31(21-29)40(34(44)27-7-5-26(6-8-27)20-32(42)43)22-35-12-15-36(16-13-35,17-14-35)28-9-10-30(45-4)25(3)19-28/h9-11,18-19,21,23-24,26-27H,5-8,12-17,20,22H2,1-4H3,(H,42,43)/t26-,27-,35?,36?. The van der Waals surface area contributed by atoms with Crippen LogP contribution < -0.4 is 9.64 Å². The molecule has 2 aromatic heterocycles. The predicted octanol–water partition coefficient (Wildman–Crippen LogP) is 7.01. The fourth-order valence-corrected chi connectivity index (χ4v) is 8.19. The molecule has 1 N–H and O–H groups in total. The van der Waals surface area contributed by atoms with Gasteiger partial charge < -0.3 is 9.84 Å². The number of ether oxygens (including phenoxy) is 1. The summed E-state index contributed by atoms with van der Waals surface area (Å²) in [6.45, 7) is 6.92. The molecule has 1 aromatic carbocycles. The highest BCUT2D eigenvalue weighted by molar-refractivity contribution is 5.94. The van der Waals surface area contributed by atoms with Gasteiger partial charge in [0.15, 0.2) is 5.82 Å². The van der Waals surface area contributed by atoms with Crippen molar-refractivity contribution in [2.75, 3.05) is 18.6 Å². The molecule has 4 fully saturated rings. The van der Waals surface area contributed by atoms with E-state index in [1.807, 2.05) is 17.0 Å². The number of aliphatic carboxylic acids is 1. The fourth-order valence-electron chi connectivity index (χ4n) is 8.19. The lowest BCUT2D eigenvalue weighted by molar-refractivity contribution is -0.138. The lowest BCUT2D eigenvalue weighted by Crippen LogP contribution is -2.52. The Bertz CT molecular complexity index is 1520. The summed E-state index contributed by atoms with van der Waals surface area (Å²) in [4.78, 5) is 36.9. The van der Waals surface area contributed by atoms with Crippen molar-refractivity contribution >= 4 is 17.7 Å². The Kier molecular flexibility index (Phi) is 8.72. The van der Waals surface area contributed by atoms with Gasteiger partial charge in [-0.05, 0) is 111 Å². The SMILES string of the molecule is COc1ccc(C23CCC(CN(c4cc(-n5cnc(C(C)C)n5)ccn4)C(=O)[C@H]4CC[C@H](CC(=O)O)CC4)(CC2)CC3)cc1C. The predicted molar refractivity (Wildman–Crippen MR) is 173 cm³/mol. The van der Waals surface area contributed by atoms with Crippen molar-refractivity contribution in [3.8, 4) is 11.4 Å². The molecule has 9 heteroatoms. The van der Waals surface area contributed by atoms with Crippen molar-refractivity contribution in [3.05, 3.63) is 59.8 Å². The number of pyridine rings is 1. The van der Waals surface area contributed by atoms with Gasteiger partial charge in [0.25, 0.3) is 0 Å². The highest BCUT2D eigenvalue weighted by atomic mass is 16.5. The number of carbonyl (C=O) groups excluding carboxylic acids is 1. The van der Waals surface area contributed by atoms with Crippen LogP contribution in [0.2, 0.25) is 0 Å². The molecular weight excluding hydrogens is 566 g/mol. The van der Waals surface area contributed by atoms with Gasteiger partial charge >= 0.3 is 5.97 Å². The number of hydrogen-bond acceptors (Lipinski definition) is 6. The molecule has 0 aliphatic heterocycles. The number of fused-ring (bicyclic) bond motifs is 3. The largest absolute Gasteiger partial charge is 0.496 e. The first-order chi connectivity index (χ1) is 21.6. The van der Waals surface area contributed by atoms with Gasteiger partial charge in [-0.15, -0.1) is 0 Å². The number of carboxylic acid groups (broad SMARTS) is 1. The number of hydrogen-bond donors (Lipinski definition) is 1. The van der Waals surface area contributed by atoms with Crippen molar-refractivity contribution in [1.29, 1.82) is 0 Å². The van der Waals surface area contributed by atoms with Gasteiger partial charge in [0, 0.05) is 37.1 Å². The molecule has 4 aliphatic carbocycles. The third-order valence-electron chi connectivity index (χ3n) is 11.1.